The number of carbonyl (C=O) groups is 1. The highest BCUT2D eigenvalue weighted by Crippen LogP contribution is 2.20. The number of nitrogens with one attached hydrogen (secondary N) is 1. The summed E-state index contributed by atoms with van der Waals surface area (Å²) in [6, 6.07) is 4.00. The van der Waals surface area contributed by atoms with E-state index in [1.807, 2.05) is 0 Å². The molecule has 0 spiro atoms. The SMILES string of the molecule is CNc1cc(C(=O)OC)cc([N+](=O)[O-])c1. The molecule has 0 saturated heterocycles. The van der Waals surface area contributed by atoms with Crippen LogP contribution in [-0.4, -0.2) is 25.1 Å². The molecule has 80 valence electrons. The van der Waals surface area contributed by atoms with Gasteiger partial charge in [0.15, 0.2) is 0 Å². The second kappa shape index (κ2) is 4.41. The van der Waals surface area contributed by atoms with Gasteiger partial charge >= 0.3 is 5.97 Å². The van der Waals surface area contributed by atoms with E-state index in [9.17, 15) is 14.9 Å². The number of nitrogens with zero attached hydrogens (tertiary/aromatic N) is 1. The molecule has 0 fully saturated rings. The van der Waals surface area contributed by atoms with Crippen LogP contribution in [0.15, 0.2) is 18.2 Å². The van der Waals surface area contributed by atoms with Gasteiger partial charge in [0.05, 0.1) is 17.6 Å². The molecule has 15 heavy (non-hydrogen) atoms. The molecule has 0 aromatic heterocycles. The lowest BCUT2D eigenvalue weighted by atomic mass is 10.2. The summed E-state index contributed by atoms with van der Waals surface area (Å²) >= 11 is 0. The van der Waals surface area contributed by atoms with Gasteiger partial charge in [-0.15, -0.1) is 0 Å². The lowest BCUT2D eigenvalue weighted by Gasteiger charge is -2.03. The van der Waals surface area contributed by atoms with Crippen LogP contribution in [-0.2, 0) is 4.74 Å². The number of hydrogen-bond acceptors (Lipinski definition) is 5. The number of methoxy groups -OCH3 is 1. The first-order valence-electron chi connectivity index (χ1n) is 4.14. The quantitative estimate of drug-likeness (QED) is 0.463. The molecule has 0 heterocycles. The molecule has 0 amide bonds. The first-order valence-corrected chi connectivity index (χ1v) is 4.14. The predicted molar refractivity (Wildman–Crippen MR) is 54.0 cm³/mol. The van der Waals surface area contributed by atoms with Crippen molar-refractivity contribution in [3.63, 3.8) is 0 Å². The largest absolute Gasteiger partial charge is 0.465 e. The number of esters is 1. The molecule has 0 radical (unpaired) electrons. The van der Waals surface area contributed by atoms with Crippen molar-refractivity contribution in [2.45, 2.75) is 0 Å². The summed E-state index contributed by atoms with van der Waals surface area (Å²) in [5.41, 5.74) is 0.489. The summed E-state index contributed by atoms with van der Waals surface area (Å²) in [5, 5.41) is 13.3. The number of anilines is 1. The van der Waals surface area contributed by atoms with Crippen LogP contribution in [0.1, 0.15) is 10.4 Å². The van der Waals surface area contributed by atoms with Crippen LogP contribution in [0.4, 0.5) is 11.4 Å². The number of hydrogen-bond donors (Lipinski definition) is 1. The number of ether oxygens (including phenoxy) is 1. The molecule has 0 aliphatic rings. The minimum absolute atomic E-state index is 0.149. The molecule has 1 rings (SSSR count). The highest BCUT2D eigenvalue weighted by molar-refractivity contribution is 5.91. The summed E-state index contributed by atoms with van der Waals surface area (Å²) in [6.45, 7) is 0. The molecule has 1 aromatic carbocycles. The maximum atomic E-state index is 11.2. The Balaban J connectivity index is 3.23. The Morgan fingerprint density at radius 1 is 1.47 bits per heavy atom. The Kier molecular flexibility index (Phi) is 3.22. The van der Waals surface area contributed by atoms with Gasteiger partial charge in [-0.1, -0.05) is 0 Å². The monoisotopic (exact) mass is 210 g/mol. The summed E-state index contributed by atoms with van der Waals surface area (Å²) < 4.78 is 4.48. The smallest absolute Gasteiger partial charge is 0.338 e. The van der Waals surface area contributed by atoms with E-state index in [1.165, 1.54) is 25.3 Å². The van der Waals surface area contributed by atoms with Crippen molar-refractivity contribution in [2.75, 3.05) is 19.5 Å². The van der Waals surface area contributed by atoms with Crippen LogP contribution in [0, 0.1) is 10.1 Å². The first kappa shape index (κ1) is 11.0. The Labute approximate surface area is 86.0 Å². The van der Waals surface area contributed by atoms with Crippen LogP contribution >= 0.6 is 0 Å². The van der Waals surface area contributed by atoms with Gasteiger partial charge in [0.1, 0.15) is 0 Å². The molecule has 1 aromatic rings. The van der Waals surface area contributed by atoms with E-state index in [2.05, 4.69) is 10.1 Å². The lowest BCUT2D eigenvalue weighted by molar-refractivity contribution is -0.384. The predicted octanol–water partition coefficient (Wildman–Crippen LogP) is 1.42. The molecule has 6 nitrogen and oxygen atoms in total. The van der Waals surface area contributed by atoms with E-state index < -0.39 is 10.9 Å². The molecule has 6 heteroatoms. The van der Waals surface area contributed by atoms with E-state index in [1.54, 1.807) is 7.05 Å². The Morgan fingerprint density at radius 2 is 2.13 bits per heavy atom. The highest BCUT2D eigenvalue weighted by Gasteiger charge is 2.14. The summed E-state index contributed by atoms with van der Waals surface area (Å²) in [5.74, 6) is -0.602. The van der Waals surface area contributed by atoms with Crippen molar-refractivity contribution < 1.29 is 14.5 Å². The lowest BCUT2D eigenvalue weighted by Crippen LogP contribution is -2.03. The fraction of sp³-hybridized carbons (Fsp3) is 0.222. The van der Waals surface area contributed by atoms with Crippen LogP contribution in [0.3, 0.4) is 0 Å². The fourth-order valence-corrected chi connectivity index (χ4v) is 1.10. The molecular weight excluding hydrogens is 200 g/mol. The van der Waals surface area contributed by atoms with Gasteiger partial charge in [0.2, 0.25) is 0 Å². The molecule has 0 saturated carbocycles. The number of carbonyl (C=O) groups excluding carboxylic acids is 1. The van der Waals surface area contributed by atoms with Gasteiger partial charge < -0.3 is 10.1 Å². The molecule has 0 aliphatic heterocycles. The molecule has 0 bridgehead atoms. The third-order valence-corrected chi connectivity index (χ3v) is 1.84. The number of nitro benzene ring substituents is 1. The normalized spacial score (nSPS) is 9.47. The van der Waals surface area contributed by atoms with Crippen molar-refractivity contribution in [1.82, 2.24) is 0 Å². The van der Waals surface area contributed by atoms with Crippen molar-refractivity contribution in [3.05, 3.63) is 33.9 Å². The average Bonchev–Trinajstić information content (AvgIpc) is 2.27. The standard InChI is InChI=1S/C9H10N2O4/c1-10-7-3-6(9(12)15-2)4-8(5-7)11(13)14/h3-5,10H,1-2H3. The van der Waals surface area contributed by atoms with Crippen molar-refractivity contribution in [3.8, 4) is 0 Å². The number of rotatable bonds is 3. The number of benzene rings is 1. The van der Waals surface area contributed by atoms with Crippen LogP contribution < -0.4 is 5.32 Å². The fourth-order valence-electron chi connectivity index (χ4n) is 1.10. The number of non-ortho nitro benzene ring substituents is 1. The van der Waals surface area contributed by atoms with Gasteiger partial charge in [0.25, 0.3) is 5.69 Å². The van der Waals surface area contributed by atoms with E-state index in [0.29, 0.717) is 5.69 Å². The van der Waals surface area contributed by atoms with E-state index in [0.717, 1.165) is 0 Å². The van der Waals surface area contributed by atoms with Crippen molar-refractivity contribution in [1.29, 1.82) is 0 Å². The molecular formula is C9H10N2O4. The van der Waals surface area contributed by atoms with Gasteiger partial charge in [0, 0.05) is 24.9 Å². The van der Waals surface area contributed by atoms with Gasteiger partial charge in [-0.05, 0) is 6.07 Å². The van der Waals surface area contributed by atoms with E-state index in [4.69, 9.17) is 0 Å². The van der Waals surface area contributed by atoms with Crippen LogP contribution in [0.2, 0.25) is 0 Å². The average molecular weight is 210 g/mol. The summed E-state index contributed by atoms with van der Waals surface area (Å²) in [4.78, 5) is 21.2. The van der Waals surface area contributed by atoms with Crippen LogP contribution in [0.5, 0.6) is 0 Å². The summed E-state index contributed by atoms with van der Waals surface area (Å²) in [6.07, 6.45) is 0. The van der Waals surface area contributed by atoms with E-state index >= 15 is 0 Å². The van der Waals surface area contributed by atoms with Gasteiger partial charge in [-0.3, -0.25) is 10.1 Å². The topological polar surface area (TPSA) is 81.5 Å². The molecule has 1 N–H and O–H groups in total. The Morgan fingerprint density at radius 3 is 2.60 bits per heavy atom. The molecule has 0 unspecified atom stereocenters. The second-order valence-corrected chi connectivity index (χ2v) is 2.77. The molecule has 0 atom stereocenters. The van der Waals surface area contributed by atoms with Gasteiger partial charge in [-0.2, -0.15) is 0 Å². The third kappa shape index (κ3) is 2.43. The maximum Gasteiger partial charge on any atom is 0.338 e. The van der Waals surface area contributed by atoms with Crippen molar-refractivity contribution in [2.24, 2.45) is 0 Å². The number of nitro groups is 1. The first-order chi connectivity index (χ1) is 7.08. The molecule has 0 aliphatic carbocycles. The summed E-state index contributed by atoms with van der Waals surface area (Å²) in [7, 11) is 2.83. The van der Waals surface area contributed by atoms with Crippen molar-refractivity contribution >= 4 is 17.3 Å². The van der Waals surface area contributed by atoms with Crippen LogP contribution in [0.25, 0.3) is 0 Å². The highest BCUT2D eigenvalue weighted by atomic mass is 16.6. The Hall–Kier alpha value is -2.11. The zero-order valence-corrected chi connectivity index (χ0v) is 8.31. The van der Waals surface area contributed by atoms with E-state index in [-0.39, 0.29) is 11.3 Å². The zero-order chi connectivity index (χ0) is 11.4. The third-order valence-electron chi connectivity index (χ3n) is 1.84. The second-order valence-electron chi connectivity index (χ2n) is 2.77. The van der Waals surface area contributed by atoms with Gasteiger partial charge in [-0.25, -0.2) is 4.79 Å². The Bertz CT molecular complexity index is 403. The minimum Gasteiger partial charge on any atom is -0.465 e. The zero-order valence-electron chi connectivity index (χ0n) is 8.31. The maximum absolute atomic E-state index is 11.2. The minimum atomic E-state index is -0.602.